The highest BCUT2D eigenvalue weighted by Gasteiger charge is 2.70. The largest absolute Gasteiger partial charge is 0.458 e. The van der Waals surface area contributed by atoms with E-state index >= 15 is 0 Å². The Hall–Kier alpha value is -1.92. The molecule has 2 bridgehead atoms. The van der Waals surface area contributed by atoms with Crippen LogP contribution in [0.4, 0.5) is 0 Å². The topological polar surface area (TPSA) is 120 Å². The Kier molecular flexibility index (Phi) is 3.69. The monoisotopic (exact) mass is 341 g/mol. The maximum atomic E-state index is 12.1. The van der Waals surface area contributed by atoms with E-state index < -0.39 is 52.0 Å². The third-order valence-corrected chi connectivity index (χ3v) is 6.39. The highest BCUT2D eigenvalue weighted by atomic mass is 32.2. The number of carbonyl (C=O) groups excluding carboxylic acids is 2. The number of fused-ring (bicyclic) bond motifs is 1. The Bertz CT molecular complexity index is 722. The molecule has 9 heteroatoms. The summed E-state index contributed by atoms with van der Waals surface area (Å²) in [6, 6.07) is 2.05. The smallest absolute Gasteiger partial charge is 0.344 e. The first-order chi connectivity index (χ1) is 10.8. The molecule has 0 N–H and O–H groups in total. The summed E-state index contributed by atoms with van der Waals surface area (Å²) in [7, 11) is -3.86. The Morgan fingerprint density at radius 3 is 2.70 bits per heavy atom. The zero-order chi connectivity index (χ0) is 16.9. The van der Waals surface area contributed by atoms with Crippen LogP contribution >= 0.6 is 0 Å². The first kappa shape index (κ1) is 16.0. The van der Waals surface area contributed by atoms with Gasteiger partial charge in [-0.2, -0.15) is 13.7 Å². The molecule has 6 unspecified atom stereocenters. The molecule has 6 atom stereocenters. The van der Waals surface area contributed by atoms with Crippen LogP contribution in [0.2, 0.25) is 0 Å². The maximum Gasteiger partial charge on any atom is 0.344 e. The lowest BCUT2D eigenvalue weighted by atomic mass is 9.85. The van der Waals surface area contributed by atoms with Gasteiger partial charge in [0.05, 0.1) is 18.1 Å². The van der Waals surface area contributed by atoms with Crippen LogP contribution in [-0.2, 0) is 33.4 Å². The van der Waals surface area contributed by atoms with Crippen molar-refractivity contribution in [2.75, 3.05) is 6.61 Å². The lowest BCUT2D eigenvalue weighted by molar-refractivity contribution is -0.162. The van der Waals surface area contributed by atoms with Gasteiger partial charge in [0.25, 0.3) is 10.1 Å². The van der Waals surface area contributed by atoms with Gasteiger partial charge in [0, 0.05) is 17.4 Å². The van der Waals surface area contributed by atoms with Crippen LogP contribution < -0.4 is 0 Å². The predicted molar refractivity (Wildman–Crippen MR) is 73.9 cm³/mol. The Labute approximate surface area is 133 Å². The highest BCUT2D eigenvalue weighted by molar-refractivity contribution is 7.87. The van der Waals surface area contributed by atoms with Crippen molar-refractivity contribution in [1.82, 2.24) is 0 Å². The molecular weight excluding hydrogens is 326 g/mol. The third-order valence-electron chi connectivity index (χ3n) is 4.61. The van der Waals surface area contributed by atoms with Crippen molar-refractivity contribution in [2.24, 2.45) is 17.8 Å². The van der Waals surface area contributed by atoms with Crippen molar-refractivity contribution in [2.45, 2.75) is 30.8 Å². The standard InChI is InChI=1S/C14H15NO7S/c1-6(2)14(17)20-5-10(16)21-12-7-3-8-11(9(7)4-15)22-23(18,19)13(8)12/h7-9,11-13H,1,3,5H2,2H3. The minimum absolute atomic E-state index is 0.136. The van der Waals surface area contributed by atoms with Crippen LogP contribution in [0.1, 0.15) is 13.3 Å². The molecule has 3 fully saturated rings. The number of rotatable bonds is 4. The number of nitrogens with zero attached hydrogens (tertiary/aromatic N) is 1. The molecule has 1 aliphatic heterocycles. The molecule has 0 spiro atoms. The van der Waals surface area contributed by atoms with Crippen LogP contribution in [0.25, 0.3) is 0 Å². The number of hydrogen-bond acceptors (Lipinski definition) is 8. The van der Waals surface area contributed by atoms with Crippen LogP contribution in [0.3, 0.4) is 0 Å². The summed E-state index contributed by atoms with van der Waals surface area (Å²) in [4.78, 5) is 23.1. The summed E-state index contributed by atoms with van der Waals surface area (Å²) in [5.74, 6) is -2.91. The molecule has 3 aliphatic rings. The molecule has 0 radical (unpaired) electrons. The van der Waals surface area contributed by atoms with Crippen molar-refractivity contribution in [1.29, 1.82) is 5.26 Å². The summed E-state index contributed by atoms with van der Waals surface area (Å²) in [5.41, 5.74) is 0.136. The molecule has 124 valence electrons. The Balaban J connectivity index is 1.71. The van der Waals surface area contributed by atoms with Crippen LogP contribution in [-0.4, -0.2) is 44.4 Å². The van der Waals surface area contributed by atoms with E-state index in [0.717, 1.165) is 0 Å². The van der Waals surface area contributed by atoms with E-state index in [1.807, 2.05) is 0 Å². The van der Waals surface area contributed by atoms with Crippen molar-refractivity contribution >= 4 is 22.1 Å². The van der Waals surface area contributed by atoms with E-state index in [-0.39, 0.29) is 17.4 Å². The number of nitriles is 1. The molecule has 0 aromatic rings. The molecule has 1 heterocycles. The first-order valence-corrected chi connectivity index (χ1v) is 8.57. The second-order valence-electron chi connectivity index (χ2n) is 6.05. The number of hydrogen-bond donors (Lipinski definition) is 0. The van der Waals surface area contributed by atoms with Gasteiger partial charge in [-0.3, -0.25) is 4.18 Å². The van der Waals surface area contributed by atoms with E-state index in [1.165, 1.54) is 6.92 Å². The van der Waals surface area contributed by atoms with E-state index in [0.29, 0.717) is 6.42 Å². The van der Waals surface area contributed by atoms with Gasteiger partial charge in [-0.1, -0.05) is 6.58 Å². The fraction of sp³-hybridized carbons (Fsp3) is 0.643. The van der Waals surface area contributed by atoms with E-state index in [4.69, 9.17) is 8.92 Å². The summed E-state index contributed by atoms with van der Waals surface area (Å²) >= 11 is 0. The Morgan fingerprint density at radius 2 is 2.09 bits per heavy atom. The van der Waals surface area contributed by atoms with Gasteiger partial charge in [0.15, 0.2) is 6.61 Å². The lowest BCUT2D eigenvalue weighted by Crippen LogP contribution is -2.43. The van der Waals surface area contributed by atoms with Crippen molar-refractivity contribution in [3.63, 3.8) is 0 Å². The molecule has 0 aromatic heterocycles. The predicted octanol–water partition coefficient (Wildman–Crippen LogP) is -0.0958. The quantitative estimate of drug-likeness (QED) is 0.395. The minimum atomic E-state index is -3.86. The fourth-order valence-corrected chi connectivity index (χ4v) is 5.72. The molecular formula is C14H15NO7S. The lowest BCUT2D eigenvalue weighted by Gasteiger charge is -2.27. The van der Waals surface area contributed by atoms with Gasteiger partial charge in [0.2, 0.25) is 0 Å². The van der Waals surface area contributed by atoms with Gasteiger partial charge in [-0.15, -0.1) is 0 Å². The molecule has 8 nitrogen and oxygen atoms in total. The normalized spacial score (nSPS) is 38.8. The molecule has 1 saturated heterocycles. The molecule has 3 rings (SSSR count). The highest BCUT2D eigenvalue weighted by Crippen LogP contribution is 2.58. The van der Waals surface area contributed by atoms with Gasteiger partial charge in [0.1, 0.15) is 11.4 Å². The summed E-state index contributed by atoms with van der Waals surface area (Å²) in [5, 5.41) is 8.28. The van der Waals surface area contributed by atoms with Crippen LogP contribution in [0.5, 0.6) is 0 Å². The van der Waals surface area contributed by atoms with Crippen LogP contribution in [0.15, 0.2) is 12.2 Å². The summed E-state index contributed by atoms with van der Waals surface area (Å²) in [6.45, 7) is 4.18. The molecule has 0 amide bonds. The van der Waals surface area contributed by atoms with Gasteiger partial charge >= 0.3 is 11.9 Å². The second-order valence-corrected chi connectivity index (χ2v) is 7.77. The van der Waals surface area contributed by atoms with Crippen molar-refractivity contribution in [3.05, 3.63) is 12.2 Å². The van der Waals surface area contributed by atoms with Gasteiger partial charge < -0.3 is 9.47 Å². The van der Waals surface area contributed by atoms with Gasteiger partial charge in [-0.05, 0) is 13.3 Å². The van der Waals surface area contributed by atoms with E-state index in [2.05, 4.69) is 17.4 Å². The summed E-state index contributed by atoms with van der Waals surface area (Å²) < 4.78 is 39.1. The first-order valence-electron chi connectivity index (χ1n) is 7.10. The van der Waals surface area contributed by atoms with E-state index in [1.54, 1.807) is 0 Å². The fourth-order valence-electron chi connectivity index (χ4n) is 3.74. The average Bonchev–Trinajstić information content (AvgIpc) is 3.05. The Morgan fingerprint density at radius 1 is 1.39 bits per heavy atom. The molecule has 0 aromatic carbocycles. The molecule has 2 aliphatic carbocycles. The SMILES string of the molecule is C=C(C)C(=O)OCC(=O)OC1C2CC3C(OS(=O)(=O)C31)C2C#N. The molecule has 2 saturated carbocycles. The zero-order valence-electron chi connectivity index (χ0n) is 12.3. The van der Waals surface area contributed by atoms with Crippen LogP contribution in [0, 0.1) is 29.1 Å². The number of esters is 2. The van der Waals surface area contributed by atoms with E-state index in [9.17, 15) is 23.3 Å². The van der Waals surface area contributed by atoms with Gasteiger partial charge in [-0.25, -0.2) is 9.59 Å². The third kappa shape index (κ3) is 2.42. The average molecular weight is 341 g/mol. The number of carbonyl (C=O) groups is 2. The summed E-state index contributed by atoms with van der Waals surface area (Å²) in [6.07, 6.45) is -1.11. The van der Waals surface area contributed by atoms with Crippen molar-refractivity contribution in [3.8, 4) is 6.07 Å². The second kappa shape index (κ2) is 5.32. The zero-order valence-corrected chi connectivity index (χ0v) is 13.1. The van der Waals surface area contributed by atoms with Crippen molar-refractivity contribution < 1.29 is 31.7 Å². The maximum absolute atomic E-state index is 12.1. The number of ether oxygens (including phenoxy) is 2. The molecule has 23 heavy (non-hydrogen) atoms. The minimum Gasteiger partial charge on any atom is -0.458 e.